The minimum Gasteiger partial charge on any atom is -0.319 e. The van der Waals surface area contributed by atoms with Crippen molar-refractivity contribution in [3.8, 4) is 0 Å². The Bertz CT molecular complexity index is 1160. The highest BCUT2D eigenvalue weighted by atomic mass is 19.1. The molecule has 3 aromatic rings. The minimum atomic E-state index is -0.145. The maximum absolute atomic E-state index is 13.6. The Labute approximate surface area is 194 Å². The first-order chi connectivity index (χ1) is 16.1. The third-order valence-electron chi connectivity index (χ3n) is 7.55. The van der Waals surface area contributed by atoms with E-state index < -0.39 is 0 Å². The number of benzene rings is 3. The van der Waals surface area contributed by atoms with Gasteiger partial charge in [0.2, 0.25) is 0 Å². The highest BCUT2D eigenvalue weighted by Crippen LogP contribution is 2.37. The number of piperazine rings is 1. The van der Waals surface area contributed by atoms with Crippen molar-refractivity contribution >= 4 is 11.7 Å². The topological polar surface area (TPSA) is 35.6 Å². The largest absolute Gasteiger partial charge is 0.322 e. The summed E-state index contributed by atoms with van der Waals surface area (Å²) in [5.41, 5.74) is 5.77. The number of urea groups is 1. The first-order valence-corrected chi connectivity index (χ1v) is 11.9. The molecule has 0 radical (unpaired) electrons. The van der Waals surface area contributed by atoms with Gasteiger partial charge in [0.25, 0.3) is 0 Å². The van der Waals surface area contributed by atoms with Gasteiger partial charge in [0.1, 0.15) is 5.82 Å². The van der Waals surface area contributed by atoms with E-state index in [0.717, 1.165) is 50.0 Å². The van der Waals surface area contributed by atoms with Crippen molar-refractivity contribution in [2.24, 2.45) is 0 Å². The summed E-state index contributed by atoms with van der Waals surface area (Å²) in [6, 6.07) is 24.8. The number of rotatable bonds is 4. The highest BCUT2D eigenvalue weighted by Gasteiger charge is 2.48. The molecule has 2 saturated heterocycles. The monoisotopic (exact) mass is 441 g/mol. The molecule has 2 fully saturated rings. The Balaban J connectivity index is 1.04. The van der Waals surface area contributed by atoms with Gasteiger partial charge in [-0.1, -0.05) is 48.5 Å². The van der Waals surface area contributed by atoms with Crippen molar-refractivity contribution in [3.63, 3.8) is 0 Å². The van der Waals surface area contributed by atoms with Crippen LogP contribution in [0.1, 0.15) is 28.7 Å². The highest BCUT2D eigenvalue weighted by molar-refractivity contribution is 5.90. The summed E-state index contributed by atoms with van der Waals surface area (Å²) in [6.45, 7) is 1.68. The average Bonchev–Trinajstić information content (AvgIpc) is 3.54. The van der Waals surface area contributed by atoms with Crippen molar-refractivity contribution in [2.45, 2.75) is 43.8 Å². The Morgan fingerprint density at radius 3 is 2.36 bits per heavy atom. The van der Waals surface area contributed by atoms with Gasteiger partial charge in [-0.25, -0.2) is 9.18 Å². The fourth-order valence-corrected chi connectivity index (χ4v) is 5.92. The summed E-state index contributed by atoms with van der Waals surface area (Å²) in [7, 11) is 0. The van der Waals surface area contributed by atoms with Crippen LogP contribution in [0.15, 0.2) is 72.8 Å². The van der Waals surface area contributed by atoms with Crippen molar-refractivity contribution in [3.05, 3.63) is 101 Å². The Morgan fingerprint density at radius 1 is 0.848 bits per heavy atom. The molecule has 2 bridgehead atoms. The lowest BCUT2D eigenvalue weighted by Gasteiger charge is -2.37. The minimum absolute atomic E-state index is 0.00487. The first kappa shape index (κ1) is 20.4. The van der Waals surface area contributed by atoms with E-state index in [-0.39, 0.29) is 17.9 Å². The van der Waals surface area contributed by atoms with Gasteiger partial charge in [-0.05, 0) is 72.2 Å². The molecule has 1 aliphatic carbocycles. The van der Waals surface area contributed by atoms with Crippen molar-refractivity contribution in [2.75, 3.05) is 18.4 Å². The lowest BCUT2D eigenvalue weighted by atomic mass is 10.0. The van der Waals surface area contributed by atoms with E-state index in [1.54, 1.807) is 12.1 Å². The number of nitrogens with zero attached hydrogens (tertiary/aromatic N) is 2. The second-order valence-corrected chi connectivity index (χ2v) is 9.66. The standard InChI is InChI=1S/C28H28FN3O/c29-23-9-8-21-14-25(15-22(21)13-23)31-17-27-16-26(31)18-32(27)28(33)30-24-10-6-20(7-11-24)12-19-4-2-1-3-5-19/h1-11,13,25-27H,12,14-18H2,(H,30,33). The number of hydrogen-bond donors (Lipinski definition) is 1. The summed E-state index contributed by atoms with van der Waals surface area (Å²) in [5.74, 6) is -0.145. The van der Waals surface area contributed by atoms with Gasteiger partial charge >= 0.3 is 6.03 Å². The van der Waals surface area contributed by atoms with E-state index >= 15 is 0 Å². The predicted octanol–water partition coefficient (Wildman–Crippen LogP) is 4.87. The number of nitrogens with one attached hydrogen (secondary N) is 1. The molecule has 3 unspecified atom stereocenters. The molecule has 3 aliphatic rings. The predicted molar refractivity (Wildman–Crippen MR) is 128 cm³/mol. The maximum Gasteiger partial charge on any atom is 0.322 e. The van der Waals surface area contributed by atoms with Gasteiger partial charge in [0.15, 0.2) is 0 Å². The van der Waals surface area contributed by atoms with Crippen LogP contribution in [0.3, 0.4) is 0 Å². The number of amides is 2. The van der Waals surface area contributed by atoms with Crippen LogP contribution in [0.25, 0.3) is 0 Å². The molecule has 1 N–H and O–H groups in total. The first-order valence-electron chi connectivity index (χ1n) is 11.9. The molecule has 0 spiro atoms. The number of likely N-dealkylation sites (tertiary alicyclic amines) is 2. The summed E-state index contributed by atoms with van der Waals surface area (Å²) in [6.07, 6.45) is 3.82. The number of carbonyl (C=O) groups is 1. The second kappa shape index (κ2) is 8.31. The number of anilines is 1. The lowest BCUT2D eigenvalue weighted by molar-refractivity contribution is 0.111. The number of fused-ring (bicyclic) bond motifs is 3. The van der Waals surface area contributed by atoms with Gasteiger partial charge < -0.3 is 10.2 Å². The zero-order valence-electron chi connectivity index (χ0n) is 18.6. The number of carbonyl (C=O) groups excluding carboxylic acids is 1. The summed E-state index contributed by atoms with van der Waals surface area (Å²) < 4.78 is 13.6. The molecule has 3 atom stereocenters. The second-order valence-electron chi connectivity index (χ2n) is 9.66. The van der Waals surface area contributed by atoms with Crippen LogP contribution in [-0.2, 0) is 19.3 Å². The van der Waals surface area contributed by atoms with Crippen LogP contribution < -0.4 is 5.32 Å². The quantitative estimate of drug-likeness (QED) is 0.627. The molecule has 6 rings (SSSR count). The van der Waals surface area contributed by atoms with E-state index in [0.29, 0.717) is 12.1 Å². The zero-order chi connectivity index (χ0) is 22.4. The van der Waals surface area contributed by atoms with Crippen molar-refractivity contribution < 1.29 is 9.18 Å². The van der Waals surface area contributed by atoms with Gasteiger partial charge in [-0.3, -0.25) is 4.90 Å². The lowest BCUT2D eigenvalue weighted by Crippen LogP contribution is -2.53. The molecule has 0 aromatic heterocycles. The molecule has 2 amide bonds. The van der Waals surface area contributed by atoms with Crippen LogP contribution >= 0.6 is 0 Å². The van der Waals surface area contributed by atoms with E-state index in [2.05, 4.69) is 46.6 Å². The third kappa shape index (κ3) is 4.02. The van der Waals surface area contributed by atoms with Crippen LogP contribution in [0.5, 0.6) is 0 Å². The Hall–Kier alpha value is -3.18. The molecule has 5 heteroatoms. The SMILES string of the molecule is O=C(Nc1ccc(Cc2ccccc2)cc1)N1CC2CC1CN2C1Cc2ccc(F)cc2C1. The summed E-state index contributed by atoms with van der Waals surface area (Å²) in [4.78, 5) is 17.5. The van der Waals surface area contributed by atoms with Crippen LogP contribution in [0.2, 0.25) is 0 Å². The average molecular weight is 442 g/mol. The zero-order valence-corrected chi connectivity index (χ0v) is 18.6. The van der Waals surface area contributed by atoms with Crippen molar-refractivity contribution in [1.82, 2.24) is 9.80 Å². The molecule has 2 heterocycles. The molecule has 168 valence electrons. The van der Waals surface area contributed by atoms with Gasteiger partial charge in [-0.15, -0.1) is 0 Å². The van der Waals surface area contributed by atoms with E-state index in [9.17, 15) is 9.18 Å². The van der Waals surface area contributed by atoms with Gasteiger partial charge in [0.05, 0.1) is 0 Å². The van der Waals surface area contributed by atoms with Gasteiger partial charge in [0, 0.05) is 36.9 Å². The van der Waals surface area contributed by atoms with E-state index in [1.165, 1.54) is 16.7 Å². The van der Waals surface area contributed by atoms with E-state index in [4.69, 9.17) is 0 Å². The fraction of sp³-hybridized carbons (Fsp3) is 0.321. The molecule has 0 saturated carbocycles. The smallest absolute Gasteiger partial charge is 0.319 e. The van der Waals surface area contributed by atoms with Crippen LogP contribution in [-0.4, -0.2) is 47.0 Å². The molecule has 33 heavy (non-hydrogen) atoms. The molecular formula is C28H28FN3O. The molecule has 4 nitrogen and oxygen atoms in total. The van der Waals surface area contributed by atoms with Gasteiger partial charge in [-0.2, -0.15) is 0 Å². The fourth-order valence-electron chi connectivity index (χ4n) is 5.92. The summed E-state index contributed by atoms with van der Waals surface area (Å²) in [5, 5.41) is 3.09. The normalized spacial score (nSPS) is 23.7. The molecule has 2 aliphatic heterocycles. The van der Waals surface area contributed by atoms with E-state index in [1.807, 2.05) is 29.2 Å². The van der Waals surface area contributed by atoms with Crippen molar-refractivity contribution in [1.29, 1.82) is 0 Å². The Kier molecular flexibility index (Phi) is 5.14. The Morgan fingerprint density at radius 2 is 1.61 bits per heavy atom. The van der Waals surface area contributed by atoms with Crippen LogP contribution in [0.4, 0.5) is 14.9 Å². The maximum atomic E-state index is 13.6. The molecular weight excluding hydrogens is 413 g/mol. The number of hydrogen-bond acceptors (Lipinski definition) is 2. The van der Waals surface area contributed by atoms with Crippen LogP contribution in [0, 0.1) is 5.82 Å². The third-order valence-corrected chi connectivity index (χ3v) is 7.55. The molecule has 3 aromatic carbocycles. The number of halogens is 1. The summed E-state index contributed by atoms with van der Waals surface area (Å²) >= 11 is 0.